The summed E-state index contributed by atoms with van der Waals surface area (Å²) in [6.07, 6.45) is -11.1. The fourth-order valence-electron chi connectivity index (χ4n) is 2.50. The molecule has 0 aliphatic heterocycles. The summed E-state index contributed by atoms with van der Waals surface area (Å²) in [4.78, 5) is 0.434. The van der Waals surface area contributed by atoms with Crippen molar-refractivity contribution in [3.05, 3.63) is 57.0 Å². The van der Waals surface area contributed by atoms with Gasteiger partial charge in [0.1, 0.15) is 0 Å². The van der Waals surface area contributed by atoms with Crippen LogP contribution in [-0.4, -0.2) is 22.1 Å². The molecule has 0 bridgehead atoms. The van der Waals surface area contributed by atoms with Crippen molar-refractivity contribution in [2.75, 3.05) is 0 Å². The van der Waals surface area contributed by atoms with Crippen LogP contribution >= 0.6 is 38.9 Å². The Bertz CT molecular complexity index is 948. The average Bonchev–Trinajstić information content (AvgIpc) is 3.11. The first-order valence-electron chi connectivity index (χ1n) is 7.22. The van der Waals surface area contributed by atoms with Gasteiger partial charge >= 0.3 is 12.4 Å². The van der Waals surface area contributed by atoms with Gasteiger partial charge in [-0.2, -0.15) is 31.4 Å². The van der Waals surface area contributed by atoms with Gasteiger partial charge in [0.05, 0.1) is 30.8 Å². The second-order valence-corrected chi connectivity index (χ2v) is 8.31. The molecular formula is C16H8BrClF6N2S. The maximum atomic E-state index is 13.1. The number of halogens is 8. The molecule has 3 aromatic rings. The van der Waals surface area contributed by atoms with Crippen molar-refractivity contribution in [1.82, 2.24) is 9.78 Å². The van der Waals surface area contributed by atoms with Gasteiger partial charge in [-0.1, -0.05) is 23.7 Å². The third kappa shape index (κ3) is 4.17. The molecule has 1 aromatic carbocycles. The number of para-hydroxylation sites is 1. The van der Waals surface area contributed by atoms with Crippen LogP contribution in [-0.2, 0) is 0 Å². The Balaban J connectivity index is 2.26. The van der Waals surface area contributed by atoms with E-state index in [1.54, 1.807) is 24.3 Å². The number of benzene rings is 1. The molecule has 0 N–H and O–H groups in total. The van der Waals surface area contributed by atoms with Crippen LogP contribution in [0.5, 0.6) is 0 Å². The molecule has 3 rings (SSSR count). The summed E-state index contributed by atoms with van der Waals surface area (Å²) in [6, 6.07) is 10.1. The van der Waals surface area contributed by atoms with Crippen molar-refractivity contribution in [1.29, 1.82) is 0 Å². The van der Waals surface area contributed by atoms with E-state index in [-0.39, 0.29) is 16.4 Å². The van der Waals surface area contributed by atoms with Crippen LogP contribution < -0.4 is 0 Å². The summed E-state index contributed by atoms with van der Waals surface area (Å²) in [6.45, 7) is 0. The maximum Gasteiger partial charge on any atom is 0.406 e. The number of hydrogen-bond donors (Lipinski definition) is 0. The highest BCUT2D eigenvalue weighted by atomic mass is 79.9. The molecule has 0 aliphatic rings. The van der Waals surface area contributed by atoms with Crippen LogP contribution in [0.4, 0.5) is 26.3 Å². The third-order valence-corrected chi connectivity index (χ3v) is 5.55. The minimum Gasteiger partial charge on any atom is -0.230 e. The average molecular weight is 490 g/mol. The van der Waals surface area contributed by atoms with E-state index >= 15 is 0 Å². The van der Waals surface area contributed by atoms with E-state index in [1.165, 1.54) is 12.1 Å². The molecule has 144 valence electrons. The molecule has 0 spiro atoms. The van der Waals surface area contributed by atoms with Gasteiger partial charge < -0.3 is 0 Å². The predicted octanol–water partition coefficient (Wildman–Crippen LogP) is 7.22. The Hall–Kier alpha value is -1.52. The van der Waals surface area contributed by atoms with Crippen LogP contribution in [0.3, 0.4) is 0 Å². The Morgan fingerprint density at radius 3 is 2.15 bits per heavy atom. The normalized spacial score (nSPS) is 12.8. The van der Waals surface area contributed by atoms with Crippen LogP contribution in [0.25, 0.3) is 16.3 Å². The fourth-order valence-corrected chi connectivity index (χ4v) is 4.10. The minimum absolute atomic E-state index is 0.0762. The van der Waals surface area contributed by atoms with Gasteiger partial charge in [0.25, 0.3) is 0 Å². The lowest BCUT2D eigenvalue weighted by Gasteiger charge is -2.21. The molecule has 0 saturated heterocycles. The lowest BCUT2D eigenvalue weighted by Crippen LogP contribution is -2.34. The van der Waals surface area contributed by atoms with Gasteiger partial charge in [-0.25, -0.2) is 4.68 Å². The largest absolute Gasteiger partial charge is 0.406 e. The van der Waals surface area contributed by atoms with Crippen LogP contribution in [0.15, 0.2) is 46.3 Å². The first-order valence-corrected chi connectivity index (χ1v) is 9.21. The summed E-state index contributed by atoms with van der Waals surface area (Å²) < 4.78 is 80.4. The lowest BCUT2D eigenvalue weighted by molar-refractivity contribution is -0.254. The lowest BCUT2D eigenvalue weighted by atomic mass is 10.0. The summed E-state index contributed by atoms with van der Waals surface area (Å²) in [5.41, 5.74) is -0.894. The topological polar surface area (TPSA) is 17.8 Å². The van der Waals surface area contributed by atoms with E-state index in [9.17, 15) is 26.3 Å². The van der Waals surface area contributed by atoms with Gasteiger partial charge in [0.15, 0.2) is 5.92 Å². The molecule has 0 saturated carbocycles. The molecule has 27 heavy (non-hydrogen) atoms. The van der Waals surface area contributed by atoms with Gasteiger partial charge in [0.2, 0.25) is 0 Å². The van der Waals surface area contributed by atoms with Crippen molar-refractivity contribution < 1.29 is 26.3 Å². The third-order valence-electron chi connectivity index (χ3n) is 3.58. The molecule has 0 fully saturated rings. The zero-order chi connectivity index (χ0) is 20.0. The summed E-state index contributed by atoms with van der Waals surface area (Å²) in [7, 11) is 0. The van der Waals surface area contributed by atoms with Crippen molar-refractivity contribution in [3.63, 3.8) is 0 Å². The Morgan fingerprint density at radius 2 is 1.63 bits per heavy atom. The molecule has 2 aromatic heterocycles. The number of nitrogens with zero attached hydrogens (tertiary/aromatic N) is 2. The predicted molar refractivity (Wildman–Crippen MR) is 94.4 cm³/mol. The van der Waals surface area contributed by atoms with E-state index in [0.29, 0.717) is 8.66 Å². The molecule has 2 nitrogen and oxygen atoms in total. The van der Waals surface area contributed by atoms with E-state index in [4.69, 9.17) is 11.6 Å². The van der Waals surface area contributed by atoms with E-state index in [0.717, 1.165) is 22.1 Å². The number of hydrogen-bond acceptors (Lipinski definition) is 2. The van der Waals surface area contributed by atoms with Crippen molar-refractivity contribution in [3.8, 4) is 16.3 Å². The number of alkyl halides is 6. The monoisotopic (exact) mass is 488 g/mol. The second-order valence-electron chi connectivity index (χ2n) is 5.44. The fraction of sp³-hybridized carbons (Fsp3) is 0.188. The molecular weight excluding hydrogens is 482 g/mol. The van der Waals surface area contributed by atoms with Gasteiger partial charge in [0, 0.05) is 0 Å². The minimum atomic E-state index is -5.54. The zero-order valence-electron chi connectivity index (χ0n) is 12.9. The molecule has 0 amide bonds. The zero-order valence-corrected chi connectivity index (χ0v) is 16.1. The first kappa shape index (κ1) is 20.2. The number of thiophene rings is 1. The molecule has 0 unspecified atom stereocenters. The smallest absolute Gasteiger partial charge is 0.230 e. The Labute approximate surface area is 166 Å². The Morgan fingerprint density at radius 1 is 1.00 bits per heavy atom. The van der Waals surface area contributed by atoms with Crippen molar-refractivity contribution >= 4 is 38.9 Å². The van der Waals surface area contributed by atoms with Crippen LogP contribution in [0.2, 0.25) is 5.02 Å². The molecule has 0 atom stereocenters. The van der Waals surface area contributed by atoms with E-state index in [2.05, 4.69) is 21.0 Å². The quantitative estimate of drug-likeness (QED) is 0.355. The van der Waals surface area contributed by atoms with E-state index in [1.807, 2.05) is 0 Å². The Kier molecular flexibility index (Phi) is 5.35. The summed E-state index contributed by atoms with van der Waals surface area (Å²) >= 11 is 10.5. The second kappa shape index (κ2) is 7.14. The first-order chi connectivity index (χ1) is 12.5. The SMILES string of the molecule is FC(F)(F)C(c1cc(-c2ccc(Br)s2)n(-c2ccccc2Cl)n1)C(F)(F)F. The van der Waals surface area contributed by atoms with Gasteiger partial charge in [-0.3, -0.25) is 0 Å². The number of rotatable bonds is 3. The van der Waals surface area contributed by atoms with Crippen molar-refractivity contribution in [2.24, 2.45) is 0 Å². The molecule has 11 heteroatoms. The van der Waals surface area contributed by atoms with Gasteiger partial charge in [-0.15, -0.1) is 11.3 Å². The van der Waals surface area contributed by atoms with Gasteiger partial charge in [-0.05, 0) is 46.3 Å². The number of aromatic nitrogens is 2. The van der Waals surface area contributed by atoms with Crippen molar-refractivity contribution in [2.45, 2.75) is 18.3 Å². The van der Waals surface area contributed by atoms with Crippen LogP contribution in [0, 0.1) is 0 Å². The molecule has 0 aliphatic carbocycles. The highest BCUT2D eigenvalue weighted by molar-refractivity contribution is 9.11. The van der Waals surface area contributed by atoms with E-state index < -0.39 is 24.0 Å². The molecule has 0 radical (unpaired) electrons. The summed E-state index contributed by atoms with van der Waals surface area (Å²) in [5, 5.41) is 3.78. The standard InChI is InChI=1S/C16H8BrClF6N2S/c17-13-6-5-12(27-13)11-7-9(14(15(19,20)21)16(22,23)24)25-26(11)10-4-2-1-3-8(10)18/h1-7,14H. The maximum absolute atomic E-state index is 13.1. The molecule has 2 heterocycles. The highest BCUT2D eigenvalue weighted by Crippen LogP contribution is 2.47. The highest BCUT2D eigenvalue weighted by Gasteiger charge is 2.59. The van der Waals surface area contributed by atoms with Crippen LogP contribution in [0.1, 0.15) is 11.6 Å². The summed E-state index contributed by atoms with van der Waals surface area (Å²) in [5.74, 6) is -3.70.